The van der Waals surface area contributed by atoms with Crippen LogP contribution in [0.15, 0.2) is 12.2 Å². The molecule has 1 aliphatic rings. The molecule has 3 heteroatoms. The molecule has 1 fully saturated rings. The van der Waals surface area contributed by atoms with Gasteiger partial charge in [0.05, 0.1) is 19.1 Å². The highest BCUT2D eigenvalue weighted by Crippen LogP contribution is 2.41. The van der Waals surface area contributed by atoms with Crippen LogP contribution < -0.4 is 0 Å². The lowest BCUT2D eigenvalue weighted by Crippen LogP contribution is -2.27. The Kier molecular flexibility index (Phi) is 3.32. The molecule has 0 amide bonds. The van der Waals surface area contributed by atoms with E-state index in [1.807, 2.05) is 13.8 Å². The van der Waals surface area contributed by atoms with E-state index in [2.05, 4.69) is 6.58 Å². The van der Waals surface area contributed by atoms with Crippen molar-refractivity contribution >= 4 is 5.97 Å². The number of aliphatic hydroxyl groups is 1. The maximum absolute atomic E-state index is 11.5. The third-order valence-electron chi connectivity index (χ3n) is 3.21. The van der Waals surface area contributed by atoms with Gasteiger partial charge in [-0.1, -0.05) is 19.1 Å². The van der Waals surface area contributed by atoms with E-state index in [0.717, 1.165) is 5.57 Å². The first kappa shape index (κ1) is 11.2. The summed E-state index contributed by atoms with van der Waals surface area (Å²) in [6, 6.07) is 0. The average Bonchev–Trinajstić information content (AvgIpc) is 2.43. The van der Waals surface area contributed by atoms with Gasteiger partial charge >= 0.3 is 5.97 Å². The maximum Gasteiger partial charge on any atom is 0.309 e. The molecule has 1 rings (SSSR count). The fourth-order valence-electron chi connectivity index (χ4n) is 2.25. The zero-order chi connectivity index (χ0) is 10.9. The molecule has 1 aliphatic carbocycles. The molecule has 0 aliphatic heterocycles. The number of carbonyl (C=O) groups is 1. The van der Waals surface area contributed by atoms with Crippen molar-refractivity contribution in [3.8, 4) is 0 Å². The molecule has 0 radical (unpaired) electrons. The molecule has 0 aromatic heterocycles. The topological polar surface area (TPSA) is 46.5 Å². The van der Waals surface area contributed by atoms with Crippen molar-refractivity contribution < 1.29 is 14.6 Å². The van der Waals surface area contributed by atoms with E-state index in [9.17, 15) is 9.90 Å². The van der Waals surface area contributed by atoms with Gasteiger partial charge in [-0.25, -0.2) is 0 Å². The molecule has 1 saturated carbocycles. The zero-order valence-corrected chi connectivity index (χ0v) is 8.99. The van der Waals surface area contributed by atoms with Gasteiger partial charge in [0.2, 0.25) is 0 Å². The van der Waals surface area contributed by atoms with Gasteiger partial charge in [-0.2, -0.15) is 0 Å². The Morgan fingerprint density at radius 3 is 2.57 bits per heavy atom. The summed E-state index contributed by atoms with van der Waals surface area (Å²) in [6.45, 7) is 7.63. The monoisotopic (exact) mass is 198 g/mol. The molecular formula is C11H18O3. The number of esters is 1. The van der Waals surface area contributed by atoms with Gasteiger partial charge < -0.3 is 9.84 Å². The summed E-state index contributed by atoms with van der Waals surface area (Å²) in [5.74, 6) is -0.439. The van der Waals surface area contributed by atoms with Crippen molar-refractivity contribution in [2.45, 2.75) is 26.4 Å². The summed E-state index contributed by atoms with van der Waals surface area (Å²) in [6.07, 6.45) is 0.205. The summed E-state index contributed by atoms with van der Waals surface area (Å²) in [4.78, 5) is 11.5. The van der Waals surface area contributed by atoms with E-state index in [4.69, 9.17) is 4.74 Å². The van der Waals surface area contributed by atoms with Gasteiger partial charge in [0, 0.05) is 0 Å². The molecule has 1 N–H and O–H groups in total. The first-order valence-corrected chi connectivity index (χ1v) is 4.90. The van der Waals surface area contributed by atoms with Gasteiger partial charge in [0.15, 0.2) is 0 Å². The van der Waals surface area contributed by atoms with Gasteiger partial charge in [0.1, 0.15) is 0 Å². The normalized spacial score (nSPS) is 36.9. The van der Waals surface area contributed by atoms with E-state index < -0.39 is 6.10 Å². The van der Waals surface area contributed by atoms with Crippen LogP contribution in [0.5, 0.6) is 0 Å². The highest BCUT2D eigenvalue weighted by molar-refractivity contribution is 5.74. The van der Waals surface area contributed by atoms with Gasteiger partial charge in [-0.3, -0.25) is 4.79 Å². The lowest BCUT2D eigenvalue weighted by molar-refractivity contribution is -0.148. The molecule has 4 atom stereocenters. The number of hydrogen-bond acceptors (Lipinski definition) is 3. The second kappa shape index (κ2) is 4.13. The Balaban J connectivity index is 2.86. The maximum atomic E-state index is 11.5. The Bertz CT molecular complexity index is 247. The molecule has 3 nitrogen and oxygen atoms in total. The fraction of sp³-hybridized carbons (Fsp3) is 0.727. The lowest BCUT2D eigenvalue weighted by Gasteiger charge is -2.20. The second-order valence-corrected chi connectivity index (χ2v) is 4.16. The van der Waals surface area contributed by atoms with Crippen LogP contribution in [0.25, 0.3) is 0 Å². The minimum absolute atomic E-state index is 0.0378. The number of rotatable bonds is 2. The number of methoxy groups -OCH3 is 1. The molecule has 0 aromatic rings. The predicted molar refractivity (Wildman–Crippen MR) is 53.6 cm³/mol. The molecule has 0 spiro atoms. The van der Waals surface area contributed by atoms with Crippen LogP contribution in [0, 0.1) is 17.8 Å². The summed E-state index contributed by atoms with van der Waals surface area (Å²) in [7, 11) is 1.38. The minimum atomic E-state index is -0.416. The first-order chi connectivity index (χ1) is 6.49. The van der Waals surface area contributed by atoms with Crippen LogP contribution in [-0.4, -0.2) is 24.3 Å². The Labute approximate surface area is 84.8 Å². The Morgan fingerprint density at radius 1 is 1.57 bits per heavy atom. The van der Waals surface area contributed by atoms with Crippen LogP contribution in [0.3, 0.4) is 0 Å². The Morgan fingerprint density at radius 2 is 2.14 bits per heavy atom. The summed E-state index contributed by atoms with van der Waals surface area (Å²) >= 11 is 0. The summed E-state index contributed by atoms with van der Waals surface area (Å²) < 4.78 is 4.74. The van der Waals surface area contributed by atoms with E-state index in [0.29, 0.717) is 6.42 Å². The second-order valence-electron chi connectivity index (χ2n) is 4.16. The number of allylic oxidation sites excluding steroid dienone is 1. The van der Waals surface area contributed by atoms with E-state index in [-0.39, 0.29) is 23.7 Å². The largest absolute Gasteiger partial charge is 0.469 e. The average molecular weight is 198 g/mol. The van der Waals surface area contributed by atoms with Crippen LogP contribution in [0.4, 0.5) is 0 Å². The van der Waals surface area contributed by atoms with E-state index in [1.165, 1.54) is 7.11 Å². The smallest absolute Gasteiger partial charge is 0.309 e. The van der Waals surface area contributed by atoms with E-state index in [1.54, 1.807) is 0 Å². The molecule has 80 valence electrons. The van der Waals surface area contributed by atoms with Crippen molar-refractivity contribution in [2.24, 2.45) is 17.8 Å². The SMILES string of the molecule is C=C(C)[C@H]1C[C@H](O)[C@@H](C)[C@@H]1C(=O)OC. The molecule has 0 heterocycles. The minimum Gasteiger partial charge on any atom is -0.469 e. The summed E-state index contributed by atoms with van der Waals surface area (Å²) in [5, 5.41) is 9.68. The Hall–Kier alpha value is -0.830. The first-order valence-electron chi connectivity index (χ1n) is 4.90. The highest BCUT2D eigenvalue weighted by Gasteiger charge is 2.44. The van der Waals surface area contributed by atoms with Crippen molar-refractivity contribution in [1.29, 1.82) is 0 Å². The van der Waals surface area contributed by atoms with Crippen molar-refractivity contribution in [3.05, 3.63) is 12.2 Å². The molecule has 14 heavy (non-hydrogen) atoms. The van der Waals surface area contributed by atoms with E-state index >= 15 is 0 Å². The number of hydrogen-bond donors (Lipinski definition) is 1. The van der Waals surface area contributed by atoms with Crippen molar-refractivity contribution in [1.82, 2.24) is 0 Å². The van der Waals surface area contributed by atoms with Gasteiger partial charge in [-0.15, -0.1) is 0 Å². The van der Waals surface area contributed by atoms with Crippen LogP contribution >= 0.6 is 0 Å². The summed E-state index contributed by atoms with van der Waals surface area (Å²) in [5.41, 5.74) is 0.948. The number of aliphatic hydroxyl groups excluding tert-OH is 1. The molecule has 0 bridgehead atoms. The molecular weight excluding hydrogens is 180 g/mol. The van der Waals surface area contributed by atoms with Crippen LogP contribution in [0.1, 0.15) is 20.3 Å². The molecule has 0 saturated heterocycles. The lowest BCUT2D eigenvalue weighted by atomic mass is 9.86. The standard InChI is InChI=1S/C11H18O3/c1-6(2)8-5-9(12)7(3)10(8)11(13)14-4/h7-10,12H,1,5H2,2-4H3/t7-,8-,9+,10+/m1/s1. The zero-order valence-electron chi connectivity index (χ0n) is 8.99. The third kappa shape index (κ3) is 1.82. The highest BCUT2D eigenvalue weighted by atomic mass is 16.5. The predicted octanol–water partition coefficient (Wildman–Crippen LogP) is 1.37. The fourth-order valence-corrected chi connectivity index (χ4v) is 2.25. The van der Waals surface area contributed by atoms with Crippen LogP contribution in [-0.2, 0) is 9.53 Å². The number of ether oxygens (including phenoxy) is 1. The van der Waals surface area contributed by atoms with Crippen molar-refractivity contribution in [2.75, 3.05) is 7.11 Å². The van der Waals surface area contributed by atoms with Crippen LogP contribution in [0.2, 0.25) is 0 Å². The molecule has 0 aromatic carbocycles. The van der Waals surface area contributed by atoms with Gasteiger partial charge in [-0.05, 0) is 25.2 Å². The third-order valence-corrected chi connectivity index (χ3v) is 3.21. The van der Waals surface area contributed by atoms with Crippen molar-refractivity contribution in [3.63, 3.8) is 0 Å². The number of carbonyl (C=O) groups excluding carboxylic acids is 1. The quantitative estimate of drug-likeness (QED) is 0.538. The van der Waals surface area contributed by atoms with Gasteiger partial charge in [0.25, 0.3) is 0 Å². The molecule has 0 unspecified atom stereocenters.